The summed E-state index contributed by atoms with van der Waals surface area (Å²) in [5.41, 5.74) is 0. The normalized spacial score (nSPS) is 27.7. The van der Waals surface area contributed by atoms with E-state index in [4.69, 9.17) is 0 Å². The van der Waals surface area contributed by atoms with Crippen molar-refractivity contribution in [3.05, 3.63) is 4.13 Å². The van der Waals surface area contributed by atoms with Crippen LogP contribution in [-0.2, 0) is 20.4 Å². The van der Waals surface area contributed by atoms with Crippen LogP contribution in [0, 0.1) is 0 Å². The number of hydrogen-bond donors (Lipinski definition) is 0. The highest BCUT2D eigenvalue weighted by atomic mass is 32.3. The molecule has 2 atom stereocenters. The zero-order chi connectivity index (χ0) is 15.3. The Kier molecular flexibility index (Phi) is 6.87. The highest BCUT2D eigenvalue weighted by Gasteiger charge is 2.33. The van der Waals surface area contributed by atoms with Crippen molar-refractivity contribution in [1.29, 1.82) is 0 Å². The Labute approximate surface area is 116 Å². The van der Waals surface area contributed by atoms with Crippen LogP contribution in [0.5, 0.6) is 0 Å². The highest BCUT2D eigenvalue weighted by Crippen LogP contribution is 2.24. The number of sulfonamides is 1. The van der Waals surface area contributed by atoms with Crippen LogP contribution in [0.2, 0.25) is 0 Å². The fraction of sp³-hybridized carbons (Fsp3) is 1.00. The fourth-order valence-electron chi connectivity index (χ4n) is 2.28. The minimum atomic E-state index is -5.24. The Balaban J connectivity index is 0.000000344. The predicted octanol–water partition coefficient (Wildman–Crippen LogP) is 1.56. The molecule has 0 spiro atoms. The number of halogens is 1. The van der Waals surface area contributed by atoms with E-state index < -0.39 is 20.4 Å². The molecular weight excluding hydrogens is 295 g/mol. The molecule has 0 bridgehead atoms. The van der Waals surface area contributed by atoms with Gasteiger partial charge in [0.25, 0.3) is 0 Å². The standard InChI is InChI=1S/C9H20N.CH3FNO4S2/c1-4-7-10(3)8-5-6-9(10)2;1-8(4,5)3-9(2,6)7/h9H,4-8H2,1-3H3;1H3/q+1;-1. The molecule has 1 rings (SSSR count). The van der Waals surface area contributed by atoms with E-state index in [-0.39, 0.29) is 0 Å². The van der Waals surface area contributed by atoms with Gasteiger partial charge in [-0.3, -0.25) is 0 Å². The molecule has 0 saturated carbocycles. The lowest BCUT2D eigenvalue weighted by Crippen LogP contribution is -2.46. The van der Waals surface area contributed by atoms with Gasteiger partial charge in [0.15, 0.2) is 0 Å². The first kappa shape index (κ1) is 18.8. The summed E-state index contributed by atoms with van der Waals surface area (Å²) in [5.74, 6) is 0. The van der Waals surface area contributed by atoms with Crippen molar-refractivity contribution in [1.82, 2.24) is 0 Å². The zero-order valence-corrected chi connectivity index (χ0v) is 13.5. The Morgan fingerprint density at radius 2 is 1.84 bits per heavy atom. The van der Waals surface area contributed by atoms with Gasteiger partial charge in [0, 0.05) is 19.1 Å². The van der Waals surface area contributed by atoms with Gasteiger partial charge in [-0.25, -0.2) is 16.8 Å². The van der Waals surface area contributed by atoms with Crippen molar-refractivity contribution in [3.63, 3.8) is 0 Å². The number of rotatable bonds is 4. The fourth-order valence-corrected chi connectivity index (χ4v) is 3.58. The molecule has 0 N–H and O–H groups in total. The summed E-state index contributed by atoms with van der Waals surface area (Å²) in [6, 6.07) is 0.917. The SMILES string of the molecule is CCC[N+]1(C)CCCC1C.CS(=O)(=O)[N-]S(=O)(=O)F. The van der Waals surface area contributed by atoms with Crippen LogP contribution < -0.4 is 0 Å². The average molecular weight is 318 g/mol. The Morgan fingerprint density at radius 3 is 2.05 bits per heavy atom. The van der Waals surface area contributed by atoms with Gasteiger partial charge in [-0.2, -0.15) is 0 Å². The molecule has 1 aliphatic rings. The summed E-state index contributed by atoms with van der Waals surface area (Å²) >= 11 is 0. The number of quaternary nitrogens is 1. The van der Waals surface area contributed by atoms with Crippen molar-refractivity contribution in [2.24, 2.45) is 0 Å². The molecule has 0 aromatic rings. The molecule has 1 fully saturated rings. The quantitative estimate of drug-likeness (QED) is 0.582. The molecule has 6 nitrogen and oxygen atoms in total. The zero-order valence-electron chi connectivity index (χ0n) is 11.8. The largest absolute Gasteiger partial charge is 0.408 e. The Bertz CT molecular complexity index is 448. The lowest BCUT2D eigenvalue weighted by Gasteiger charge is -2.34. The number of nitrogens with zero attached hydrogens (tertiary/aromatic N) is 2. The van der Waals surface area contributed by atoms with Crippen molar-refractivity contribution in [3.8, 4) is 0 Å². The van der Waals surface area contributed by atoms with Crippen LogP contribution in [0.4, 0.5) is 3.89 Å². The molecular formula is C10H23FN2O4S2. The molecule has 0 amide bonds. The van der Waals surface area contributed by atoms with E-state index >= 15 is 0 Å². The molecule has 0 radical (unpaired) electrons. The molecule has 1 heterocycles. The summed E-state index contributed by atoms with van der Waals surface area (Å²) in [4.78, 5) is 0. The highest BCUT2D eigenvalue weighted by molar-refractivity contribution is 8.09. The molecule has 1 aliphatic heterocycles. The van der Waals surface area contributed by atoms with E-state index in [1.165, 1.54) is 36.8 Å². The minimum absolute atomic E-state index is 0.476. The van der Waals surface area contributed by atoms with Crippen molar-refractivity contribution >= 4 is 20.4 Å². The summed E-state index contributed by atoms with van der Waals surface area (Å²) in [6.45, 7) is 7.47. The first-order valence-electron chi connectivity index (χ1n) is 6.12. The van der Waals surface area contributed by atoms with E-state index in [0.29, 0.717) is 6.26 Å². The predicted molar refractivity (Wildman–Crippen MR) is 73.1 cm³/mol. The summed E-state index contributed by atoms with van der Waals surface area (Å²) in [6.07, 6.45) is 4.69. The number of likely N-dealkylation sites (tertiary alicyclic amines) is 1. The van der Waals surface area contributed by atoms with Crippen LogP contribution in [0.15, 0.2) is 0 Å². The molecule has 9 heteroatoms. The summed E-state index contributed by atoms with van der Waals surface area (Å²) < 4.78 is 53.1. The molecule has 0 aromatic heterocycles. The van der Waals surface area contributed by atoms with E-state index in [0.717, 1.165) is 6.04 Å². The molecule has 19 heavy (non-hydrogen) atoms. The molecule has 0 aromatic carbocycles. The topological polar surface area (TPSA) is 82.4 Å². The van der Waals surface area contributed by atoms with Crippen LogP contribution >= 0.6 is 0 Å². The van der Waals surface area contributed by atoms with Gasteiger partial charge in [0.1, 0.15) is 0 Å². The first-order valence-corrected chi connectivity index (χ1v) is 9.31. The molecule has 116 valence electrons. The van der Waals surface area contributed by atoms with Gasteiger partial charge in [-0.05, 0) is 13.3 Å². The first-order chi connectivity index (χ1) is 8.40. The Morgan fingerprint density at radius 1 is 1.32 bits per heavy atom. The number of hydrogen-bond acceptors (Lipinski definition) is 4. The second-order valence-corrected chi connectivity index (χ2v) is 8.02. The van der Waals surface area contributed by atoms with Gasteiger partial charge in [0.05, 0.1) is 36.2 Å². The van der Waals surface area contributed by atoms with Crippen LogP contribution in [0.25, 0.3) is 4.13 Å². The third-order valence-corrected chi connectivity index (χ3v) is 5.11. The van der Waals surface area contributed by atoms with Crippen LogP contribution in [-0.4, -0.2) is 53.8 Å². The summed E-state index contributed by atoms with van der Waals surface area (Å²) in [5, 5.41) is 0. The van der Waals surface area contributed by atoms with E-state index in [1.54, 1.807) is 0 Å². The maximum absolute atomic E-state index is 11.3. The molecule has 2 unspecified atom stereocenters. The van der Waals surface area contributed by atoms with Gasteiger partial charge >= 0.3 is 0 Å². The lowest BCUT2D eigenvalue weighted by molar-refractivity contribution is -0.919. The lowest BCUT2D eigenvalue weighted by atomic mass is 10.2. The second-order valence-electron chi connectivity index (χ2n) is 5.14. The molecule has 1 saturated heterocycles. The maximum Gasteiger partial charge on any atom is 0.239 e. The van der Waals surface area contributed by atoms with Gasteiger partial charge in [0.2, 0.25) is 10.4 Å². The summed E-state index contributed by atoms with van der Waals surface area (Å²) in [7, 11) is -6.96. The third kappa shape index (κ3) is 8.51. The smallest absolute Gasteiger partial charge is 0.239 e. The van der Waals surface area contributed by atoms with Crippen LogP contribution in [0.1, 0.15) is 33.1 Å². The maximum atomic E-state index is 11.3. The van der Waals surface area contributed by atoms with Crippen molar-refractivity contribution in [2.45, 2.75) is 39.2 Å². The van der Waals surface area contributed by atoms with Crippen molar-refractivity contribution < 1.29 is 25.2 Å². The molecule has 0 aliphatic carbocycles. The average Bonchev–Trinajstić information content (AvgIpc) is 2.42. The van der Waals surface area contributed by atoms with Gasteiger partial charge in [-0.1, -0.05) is 6.92 Å². The van der Waals surface area contributed by atoms with E-state index in [2.05, 4.69) is 20.9 Å². The van der Waals surface area contributed by atoms with Gasteiger partial charge in [-0.15, -0.1) is 3.89 Å². The van der Waals surface area contributed by atoms with Gasteiger partial charge < -0.3 is 8.61 Å². The second kappa shape index (κ2) is 6.96. The van der Waals surface area contributed by atoms with Crippen LogP contribution in [0.3, 0.4) is 0 Å². The minimum Gasteiger partial charge on any atom is -0.408 e. The third-order valence-electron chi connectivity index (χ3n) is 3.31. The van der Waals surface area contributed by atoms with E-state index in [1.807, 2.05) is 4.13 Å². The van der Waals surface area contributed by atoms with E-state index in [9.17, 15) is 20.7 Å². The Hall–Kier alpha value is -0.250. The van der Waals surface area contributed by atoms with Crippen molar-refractivity contribution in [2.75, 3.05) is 26.4 Å². The monoisotopic (exact) mass is 318 g/mol.